The first kappa shape index (κ1) is 16.2. The van der Waals surface area contributed by atoms with Crippen LogP contribution in [0.15, 0.2) is 0 Å². The van der Waals surface area contributed by atoms with E-state index in [4.69, 9.17) is 4.74 Å². The van der Waals surface area contributed by atoms with Gasteiger partial charge in [0.25, 0.3) is 0 Å². The molecule has 0 spiro atoms. The molecule has 6 heteroatoms. The monoisotopic (exact) mass is 416 g/mol. The van der Waals surface area contributed by atoms with Gasteiger partial charge >= 0.3 is 0 Å². The van der Waals surface area contributed by atoms with Crippen LogP contribution >= 0.6 is 31.9 Å². The topological polar surface area (TPSA) is 43.4 Å². The fourth-order valence-corrected chi connectivity index (χ4v) is 7.54. The summed E-state index contributed by atoms with van der Waals surface area (Å²) in [5, 5.41) is 1.72. The van der Waals surface area contributed by atoms with Gasteiger partial charge in [0.1, 0.15) is 0 Å². The quantitative estimate of drug-likeness (QED) is 0.623. The van der Waals surface area contributed by atoms with Crippen LogP contribution in [0.1, 0.15) is 32.1 Å². The normalized spacial score (nSPS) is 30.8. The maximum atomic E-state index is 11.7. The molecule has 2 aliphatic heterocycles. The zero-order valence-electron chi connectivity index (χ0n) is 11.1. The summed E-state index contributed by atoms with van der Waals surface area (Å²) >= 11 is 7.25. The zero-order valence-corrected chi connectivity index (χ0v) is 15.1. The van der Waals surface area contributed by atoms with Gasteiger partial charge in [0, 0.05) is 17.3 Å². The molecule has 19 heavy (non-hydrogen) atoms. The third kappa shape index (κ3) is 3.95. The van der Waals surface area contributed by atoms with Crippen molar-refractivity contribution in [1.29, 1.82) is 0 Å². The van der Waals surface area contributed by atoms with Crippen LogP contribution in [0.25, 0.3) is 0 Å². The van der Waals surface area contributed by atoms with Crippen LogP contribution in [0.5, 0.6) is 0 Å². The Bertz CT molecular complexity index is 387. The second kappa shape index (κ2) is 6.75. The summed E-state index contributed by atoms with van der Waals surface area (Å²) in [6.07, 6.45) is 5.60. The number of halogens is 2. The maximum Gasteiger partial charge on any atom is 0.150 e. The van der Waals surface area contributed by atoms with E-state index in [0.717, 1.165) is 49.4 Å². The standard InChI is InChI=1S/C13H22Br2O3S/c14-9-13(10-15,5-3-12-2-1-6-18-12)11-4-7-19(16,17)8-11/h11-12H,1-10H2. The molecule has 2 atom stereocenters. The molecule has 0 amide bonds. The van der Waals surface area contributed by atoms with Gasteiger partial charge in [-0.05, 0) is 43.4 Å². The van der Waals surface area contributed by atoms with E-state index in [1.165, 1.54) is 0 Å². The van der Waals surface area contributed by atoms with E-state index in [0.29, 0.717) is 17.6 Å². The van der Waals surface area contributed by atoms with Crippen molar-refractivity contribution in [3.8, 4) is 0 Å². The predicted molar refractivity (Wildman–Crippen MR) is 85.0 cm³/mol. The van der Waals surface area contributed by atoms with Crippen molar-refractivity contribution in [1.82, 2.24) is 0 Å². The van der Waals surface area contributed by atoms with E-state index in [1.54, 1.807) is 0 Å². The number of hydrogen-bond donors (Lipinski definition) is 0. The number of alkyl halides is 2. The first-order valence-electron chi connectivity index (χ1n) is 6.95. The van der Waals surface area contributed by atoms with Crippen molar-refractivity contribution < 1.29 is 13.2 Å². The highest BCUT2D eigenvalue weighted by Gasteiger charge is 2.43. The van der Waals surface area contributed by atoms with Crippen molar-refractivity contribution in [2.45, 2.75) is 38.2 Å². The van der Waals surface area contributed by atoms with E-state index >= 15 is 0 Å². The van der Waals surface area contributed by atoms with Gasteiger partial charge in [0.2, 0.25) is 0 Å². The van der Waals surface area contributed by atoms with E-state index in [-0.39, 0.29) is 11.3 Å². The second-order valence-electron chi connectivity index (χ2n) is 5.90. The molecule has 0 saturated carbocycles. The highest BCUT2D eigenvalue weighted by atomic mass is 79.9. The smallest absolute Gasteiger partial charge is 0.150 e. The number of hydrogen-bond acceptors (Lipinski definition) is 3. The first-order valence-corrected chi connectivity index (χ1v) is 11.0. The Balaban J connectivity index is 2.00. The van der Waals surface area contributed by atoms with Crippen LogP contribution < -0.4 is 0 Å². The van der Waals surface area contributed by atoms with Gasteiger partial charge in [-0.25, -0.2) is 8.42 Å². The van der Waals surface area contributed by atoms with Crippen molar-refractivity contribution >= 4 is 41.7 Å². The summed E-state index contributed by atoms with van der Waals surface area (Å²) in [4.78, 5) is 0. The molecule has 0 aromatic heterocycles. The van der Waals surface area contributed by atoms with Gasteiger partial charge in [-0.2, -0.15) is 0 Å². The average molecular weight is 418 g/mol. The van der Waals surface area contributed by atoms with Crippen molar-refractivity contribution in [2.24, 2.45) is 11.3 Å². The molecule has 2 rings (SSSR count). The molecular weight excluding hydrogens is 396 g/mol. The number of rotatable bonds is 6. The molecule has 2 saturated heterocycles. The summed E-state index contributed by atoms with van der Waals surface area (Å²) in [7, 11) is -2.81. The first-order chi connectivity index (χ1) is 9.01. The van der Waals surface area contributed by atoms with Gasteiger partial charge in [0.05, 0.1) is 17.6 Å². The van der Waals surface area contributed by atoms with Crippen LogP contribution in [0.3, 0.4) is 0 Å². The summed E-state index contributed by atoms with van der Waals surface area (Å²) in [5.74, 6) is 0.993. The zero-order chi connectivity index (χ0) is 13.9. The number of ether oxygens (including phenoxy) is 1. The molecule has 112 valence electrons. The van der Waals surface area contributed by atoms with Crippen molar-refractivity contribution in [3.05, 3.63) is 0 Å². The lowest BCUT2D eigenvalue weighted by Crippen LogP contribution is -2.36. The molecule has 0 aromatic carbocycles. The van der Waals surface area contributed by atoms with E-state index < -0.39 is 9.84 Å². The van der Waals surface area contributed by atoms with Crippen molar-refractivity contribution in [3.63, 3.8) is 0 Å². The largest absolute Gasteiger partial charge is 0.378 e. The fourth-order valence-electron chi connectivity index (χ4n) is 3.19. The predicted octanol–water partition coefficient (Wildman–Crippen LogP) is 3.16. The SMILES string of the molecule is O=S1(=O)CCC(C(CBr)(CBr)CCC2CCCO2)C1. The Morgan fingerprint density at radius 3 is 2.42 bits per heavy atom. The fraction of sp³-hybridized carbons (Fsp3) is 1.00. The molecule has 0 radical (unpaired) electrons. The average Bonchev–Trinajstić information content (AvgIpc) is 3.01. The third-order valence-corrected chi connectivity index (χ3v) is 8.62. The molecule has 2 heterocycles. The minimum atomic E-state index is -2.81. The summed E-state index contributed by atoms with van der Waals surface area (Å²) < 4.78 is 29.1. The summed E-state index contributed by atoms with van der Waals surface area (Å²) in [5.41, 5.74) is 0.0511. The van der Waals surface area contributed by atoms with Gasteiger partial charge in [0.15, 0.2) is 9.84 Å². The highest BCUT2D eigenvalue weighted by molar-refractivity contribution is 9.09. The Labute approximate surface area is 133 Å². The van der Waals surface area contributed by atoms with Gasteiger partial charge in [-0.1, -0.05) is 31.9 Å². The molecule has 2 aliphatic rings. The molecule has 2 unspecified atom stereocenters. The van der Waals surface area contributed by atoms with Gasteiger partial charge < -0.3 is 4.74 Å². The molecule has 2 fully saturated rings. The lowest BCUT2D eigenvalue weighted by atomic mass is 9.74. The molecule has 0 aromatic rings. The van der Waals surface area contributed by atoms with E-state index in [2.05, 4.69) is 31.9 Å². The van der Waals surface area contributed by atoms with Crippen LogP contribution in [-0.2, 0) is 14.6 Å². The lowest BCUT2D eigenvalue weighted by Gasteiger charge is -2.36. The molecule has 3 nitrogen and oxygen atoms in total. The van der Waals surface area contributed by atoms with Crippen LogP contribution in [0, 0.1) is 11.3 Å². The summed E-state index contributed by atoms with van der Waals surface area (Å²) in [6, 6.07) is 0. The second-order valence-corrected chi connectivity index (χ2v) is 9.25. The Morgan fingerprint density at radius 1 is 1.21 bits per heavy atom. The minimum absolute atomic E-state index is 0.0511. The van der Waals surface area contributed by atoms with Crippen LogP contribution in [0.2, 0.25) is 0 Å². The maximum absolute atomic E-state index is 11.7. The Kier molecular flexibility index (Phi) is 5.77. The van der Waals surface area contributed by atoms with Crippen molar-refractivity contribution in [2.75, 3.05) is 28.8 Å². The van der Waals surface area contributed by atoms with Gasteiger partial charge in [-0.15, -0.1) is 0 Å². The third-order valence-electron chi connectivity index (χ3n) is 4.62. The Hall–Kier alpha value is 0.870. The molecule has 0 bridgehead atoms. The molecular formula is C13H22Br2O3S. The molecule has 0 aliphatic carbocycles. The summed E-state index contributed by atoms with van der Waals surface area (Å²) in [6.45, 7) is 0.887. The van der Waals surface area contributed by atoms with Crippen LogP contribution in [0.4, 0.5) is 0 Å². The highest BCUT2D eigenvalue weighted by Crippen LogP contribution is 2.43. The minimum Gasteiger partial charge on any atom is -0.378 e. The van der Waals surface area contributed by atoms with E-state index in [9.17, 15) is 8.42 Å². The van der Waals surface area contributed by atoms with Crippen LogP contribution in [-0.4, -0.2) is 43.3 Å². The number of sulfone groups is 1. The van der Waals surface area contributed by atoms with Gasteiger partial charge in [-0.3, -0.25) is 0 Å². The van der Waals surface area contributed by atoms with E-state index in [1.807, 2.05) is 0 Å². The lowest BCUT2D eigenvalue weighted by molar-refractivity contribution is 0.0858. The Morgan fingerprint density at radius 2 is 1.95 bits per heavy atom. The molecule has 0 N–H and O–H groups in total.